The van der Waals surface area contributed by atoms with Gasteiger partial charge in [-0.2, -0.15) is 0 Å². The fourth-order valence-corrected chi connectivity index (χ4v) is 10.2. The smallest absolute Gasteiger partial charge is 0.415 e. The van der Waals surface area contributed by atoms with E-state index in [4.69, 9.17) is 39.9 Å². The highest BCUT2D eigenvalue weighted by Crippen LogP contribution is 2.41. The monoisotopic (exact) mass is 1210 g/mol. The van der Waals surface area contributed by atoms with Gasteiger partial charge >= 0.3 is 18.2 Å². The second-order valence-corrected chi connectivity index (χ2v) is 22.4. The minimum absolute atomic E-state index is 0.0250. The summed E-state index contributed by atoms with van der Waals surface area (Å²) in [5, 5.41) is 26.7. The van der Waals surface area contributed by atoms with Crippen molar-refractivity contribution in [3.05, 3.63) is 133 Å². The second-order valence-electron chi connectivity index (χ2n) is 22.4. The Hall–Kier alpha value is -8.94. The third kappa shape index (κ3) is 17.2. The Bertz CT molecular complexity index is 3460. The van der Waals surface area contributed by atoms with Crippen molar-refractivity contribution in [3.63, 3.8) is 0 Å². The van der Waals surface area contributed by atoms with Gasteiger partial charge in [-0.15, -0.1) is 0 Å². The molecule has 5 aromatic rings. The van der Waals surface area contributed by atoms with Crippen LogP contribution < -0.4 is 37.3 Å². The predicted molar refractivity (Wildman–Crippen MR) is 324 cm³/mol. The molecular formula is C62H78N12O14. The molecule has 7 N–H and O–H groups in total. The van der Waals surface area contributed by atoms with Crippen molar-refractivity contribution in [3.8, 4) is 17.1 Å². The summed E-state index contributed by atoms with van der Waals surface area (Å²) in [6, 6.07) is 20.2. The van der Waals surface area contributed by atoms with Gasteiger partial charge < -0.3 is 70.2 Å². The number of carbonyl (C=O) groups excluding carboxylic acids is 7. The maximum atomic E-state index is 14.0. The van der Waals surface area contributed by atoms with Gasteiger partial charge in [-0.1, -0.05) is 61.4 Å². The SMILES string of the molecule is CCc1c2c(nc3ccc(OC(=O)N(C)CCN(C)C(=O)OCc4ccc(NC(=O)C(CCCCN)NC(=O)C(Cc5ccccc5)NC(=O)COCC(=O)NC(C)(C)CCOC(C)CN=[N+]=[N-])cc4)cc13)-c1cc3c(c(=O)n1C2)COC(=O)[C@]3(O)CC. The first-order valence-corrected chi connectivity index (χ1v) is 29.3. The van der Waals surface area contributed by atoms with Gasteiger partial charge in [0, 0.05) is 72.9 Å². The number of hydrogen-bond acceptors (Lipinski definition) is 17. The van der Waals surface area contributed by atoms with E-state index in [2.05, 4.69) is 31.3 Å². The minimum Gasteiger partial charge on any atom is -0.458 e. The number of azide groups is 1. The molecule has 0 radical (unpaired) electrons. The van der Waals surface area contributed by atoms with Crippen LogP contribution in [0.25, 0.3) is 32.7 Å². The third-order valence-corrected chi connectivity index (χ3v) is 15.3. The molecule has 26 heteroatoms. The van der Waals surface area contributed by atoms with Gasteiger partial charge in [0.15, 0.2) is 5.60 Å². The van der Waals surface area contributed by atoms with E-state index in [1.807, 2.05) is 13.0 Å². The number of anilines is 1. The number of pyridine rings is 2. The zero-order chi connectivity index (χ0) is 63.7. The highest BCUT2D eigenvalue weighted by Gasteiger charge is 2.45. The summed E-state index contributed by atoms with van der Waals surface area (Å²) >= 11 is 0. The molecule has 4 atom stereocenters. The Kier molecular flexibility index (Phi) is 23.2. The molecule has 2 aromatic heterocycles. The van der Waals surface area contributed by atoms with Crippen LogP contribution >= 0.6 is 0 Å². The summed E-state index contributed by atoms with van der Waals surface area (Å²) in [7, 11) is 3.06. The summed E-state index contributed by atoms with van der Waals surface area (Å²) in [5.74, 6) is -2.81. The highest BCUT2D eigenvalue weighted by atomic mass is 16.6. The number of aromatic nitrogens is 2. The maximum absolute atomic E-state index is 14.0. The van der Waals surface area contributed by atoms with Crippen LogP contribution in [0.5, 0.6) is 5.75 Å². The maximum Gasteiger partial charge on any atom is 0.415 e. The van der Waals surface area contributed by atoms with Crippen LogP contribution in [0.1, 0.15) is 100 Å². The molecule has 0 spiro atoms. The number of unbranched alkanes of at least 4 members (excludes halogenated alkanes) is 1. The molecule has 2 aliphatic rings. The van der Waals surface area contributed by atoms with E-state index in [0.29, 0.717) is 67.0 Å². The molecule has 0 saturated carbocycles. The lowest BCUT2D eigenvalue weighted by Crippen LogP contribution is -2.54. The van der Waals surface area contributed by atoms with E-state index >= 15 is 0 Å². The average Bonchev–Trinajstić information content (AvgIpc) is 2.01. The van der Waals surface area contributed by atoms with Crippen molar-refractivity contribution in [2.24, 2.45) is 10.8 Å². The topological polar surface area (TPSA) is 350 Å². The fourth-order valence-electron chi connectivity index (χ4n) is 10.2. The number of fused-ring (bicyclic) bond motifs is 5. The molecule has 0 fully saturated rings. The van der Waals surface area contributed by atoms with Crippen LogP contribution in [-0.2, 0) is 81.1 Å². The van der Waals surface area contributed by atoms with E-state index in [0.717, 1.165) is 22.1 Å². The molecule has 4 heterocycles. The molecule has 0 saturated heterocycles. The number of carbonyl (C=O) groups is 7. The third-order valence-electron chi connectivity index (χ3n) is 15.3. The number of nitrogens with two attached hydrogens (primary N) is 1. The molecule has 0 aliphatic carbocycles. The van der Waals surface area contributed by atoms with Crippen molar-refractivity contribution in [2.45, 2.75) is 129 Å². The number of aliphatic hydroxyl groups is 1. The van der Waals surface area contributed by atoms with Crippen LogP contribution in [0.3, 0.4) is 0 Å². The first-order valence-electron chi connectivity index (χ1n) is 29.3. The van der Waals surface area contributed by atoms with Crippen molar-refractivity contribution in [2.75, 3.05) is 65.4 Å². The number of likely N-dealkylation sites (N-methyl/N-ethyl adjacent to an activating group) is 2. The Labute approximate surface area is 509 Å². The Balaban J connectivity index is 0.877. The number of hydrogen-bond donors (Lipinski definition) is 6. The van der Waals surface area contributed by atoms with Crippen molar-refractivity contribution < 1.29 is 62.4 Å². The van der Waals surface area contributed by atoms with Gasteiger partial charge in [0.1, 0.15) is 44.3 Å². The lowest BCUT2D eigenvalue weighted by Gasteiger charge is -2.31. The number of nitrogens with zero attached hydrogens (tertiary/aromatic N) is 7. The average molecular weight is 1220 g/mol. The minimum atomic E-state index is -1.95. The number of nitrogens with one attached hydrogen (secondary N) is 4. The number of esters is 1. The number of rotatable bonds is 30. The van der Waals surface area contributed by atoms with Crippen molar-refractivity contribution in [1.82, 2.24) is 35.3 Å². The van der Waals surface area contributed by atoms with Gasteiger partial charge in [-0.25, -0.2) is 19.4 Å². The van der Waals surface area contributed by atoms with E-state index < -0.39 is 78.2 Å². The van der Waals surface area contributed by atoms with Gasteiger partial charge in [0.25, 0.3) is 5.56 Å². The van der Waals surface area contributed by atoms with Crippen LogP contribution in [0.2, 0.25) is 0 Å². The zero-order valence-corrected chi connectivity index (χ0v) is 50.7. The van der Waals surface area contributed by atoms with E-state index in [-0.39, 0.29) is 87.2 Å². The number of cyclic esters (lactones) is 1. The normalized spacial score (nSPS) is 15.0. The highest BCUT2D eigenvalue weighted by molar-refractivity contribution is 5.98. The van der Waals surface area contributed by atoms with Crippen LogP contribution in [0.15, 0.2) is 88.8 Å². The fraction of sp³-hybridized carbons (Fsp3) is 0.468. The summed E-state index contributed by atoms with van der Waals surface area (Å²) < 4.78 is 29.2. The largest absolute Gasteiger partial charge is 0.458 e. The van der Waals surface area contributed by atoms with Crippen LogP contribution in [-0.4, -0.2) is 150 Å². The summed E-state index contributed by atoms with van der Waals surface area (Å²) in [5.41, 5.74) is 16.8. The molecule has 7 rings (SSSR count). The quantitative estimate of drug-likeness (QED) is 0.0104. The van der Waals surface area contributed by atoms with Gasteiger partial charge in [-0.05, 0) is 124 Å². The number of benzene rings is 3. The van der Waals surface area contributed by atoms with Gasteiger partial charge in [-0.3, -0.25) is 24.0 Å². The molecule has 26 nitrogen and oxygen atoms in total. The van der Waals surface area contributed by atoms with Crippen LogP contribution in [0.4, 0.5) is 15.3 Å². The number of amides is 6. The standard InChI is InChI=1S/C62H78N12O14/c1-8-43-44-30-42(22-23-48(44)68-54-45(43)33-74-51(54)31-47-46(57(74)79)35-86-58(80)62(47,83)9-2)88-60(82)73(7)27-26-72(6)59(81)87-34-40-18-20-41(21-19-40)66-55(77)49(17-13-14-25-63)69-56(78)50(29-39-15-11-10-12-16-39)67-52(75)36-84-37-53(76)70-61(4,5)24-28-85-38(3)32-65-71-64/h10-12,15-16,18-23,30-31,38,49-50,83H,8-9,13-14,17,24-29,32-37,63H2,1-7H3,(H,66,77)(H,67,75)(H,69,78)(H,70,76)/t38?,49?,50?,62-/m0/s1. The Morgan fingerprint density at radius 3 is 2.31 bits per heavy atom. The number of aryl methyl sites for hydroxylation is 1. The van der Waals surface area contributed by atoms with E-state index in [9.17, 15) is 43.5 Å². The molecule has 6 amide bonds. The predicted octanol–water partition coefficient (Wildman–Crippen LogP) is 5.64. The van der Waals surface area contributed by atoms with Gasteiger partial charge in [0.2, 0.25) is 23.6 Å². The van der Waals surface area contributed by atoms with E-state index in [1.54, 1.807) is 105 Å². The molecule has 0 bridgehead atoms. The Morgan fingerprint density at radius 2 is 1.61 bits per heavy atom. The molecular weight excluding hydrogens is 1140 g/mol. The van der Waals surface area contributed by atoms with Crippen LogP contribution in [0, 0.1) is 0 Å². The summed E-state index contributed by atoms with van der Waals surface area (Å²) in [6.07, 6.45) is 0.818. The second kappa shape index (κ2) is 30.6. The van der Waals surface area contributed by atoms with Crippen molar-refractivity contribution >= 4 is 58.4 Å². The first kappa shape index (κ1) is 66.6. The molecule has 2 aliphatic heterocycles. The number of ether oxygens (including phenoxy) is 5. The summed E-state index contributed by atoms with van der Waals surface area (Å²) in [4.78, 5) is 117. The zero-order valence-electron chi connectivity index (χ0n) is 50.7. The Morgan fingerprint density at radius 1 is 0.898 bits per heavy atom. The first-order chi connectivity index (χ1) is 42.1. The van der Waals surface area contributed by atoms with Gasteiger partial charge in [0.05, 0.1) is 41.7 Å². The molecule has 3 unspecified atom stereocenters. The van der Waals surface area contributed by atoms with E-state index in [1.165, 1.54) is 23.9 Å². The lowest BCUT2D eigenvalue weighted by atomic mass is 9.86. The lowest BCUT2D eigenvalue weighted by molar-refractivity contribution is -0.172. The summed E-state index contributed by atoms with van der Waals surface area (Å²) in [6.45, 7) is 8.95. The van der Waals surface area contributed by atoms with Crippen molar-refractivity contribution in [1.29, 1.82) is 0 Å². The molecule has 88 heavy (non-hydrogen) atoms. The molecule has 470 valence electrons. The molecule has 3 aromatic carbocycles.